The Bertz CT molecular complexity index is 416. The molecule has 0 fully saturated rings. The van der Waals surface area contributed by atoms with Gasteiger partial charge in [0.05, 0.1) is 16.9 Å². The molecule has 19 heavy (non-hydrogen) atoms. The Hall–Kier alpha value is -0.750. The van der Waals surface area contributed by atoms with E-state index in [4.69, 9.17) is 11.6 Å². The van der Waals surface area contributed by atoms with Crippen LogP contribution in [0.1, 0.15) is 45.2 Å². The van der Waals surface area contributed by atoms with E-state index in [1.54, 1.807) is 4.68 Å². The van der Waals surface area contributed by atoms with Gasteiger partial charge in [-0.15, -0.1) is 0 Å². The van der Waals surface area contributed by atoms with Crippen LogP contribution in [0.5, 0.6) is 0 Å². The first-order chi connectivity index (χ1) is 8.67. The average Bonchev–Trinajstić information content (AvgIpc) is 2.58. The van der Waals surface area contributed by atoms with Gasteiger partial charge in [0.25, 0.3) is 0 Å². The van der Waals surface area contributed by atoms with E-state index in [2.05, 4.69) is 5.10 Å². The molecule has 0 aromatic carbocycles. The molecule has 1 unspecified atom stereocenters. The average molecular weight is 299 g/mol. The lowest BCUT2D eigenvalue weighted by Gasteiger charge is -2.25. The molecular weight excluding hydrogens is 281 g/mol. The highest BCUT2D eigenvalue weighted by Crippen LogP contribution is 2.34. The van der Waals surface area contributed by atoms with E-state index in [0.29, 0.717) is 12.2 Å². The van der Waals surface area contributed by atoms with Crippen LogP contribution in [0.2, 0.25) is 5.02 Å². The van der Waals surface area contributed by atoms with Crippen molar-refractivity contribution in [2.45, 2.75) is 57.9 Å². The highest BCUT2D eigenvalue weighted by molar-refractivity contribution is 6.31. The number of aryl methyl sites for hydroxylation is 1. The van der Waals surface area contributed by atoms with Crippen molar-refractivity contribution in [1.29, 1.82) is 0 Å². The van der Waals surface area contributed by atoms with Crippen molar-refractivity contribution in [3.05, 3.63) is 16.9 Å². The van der Waals surface area contributed by atoms with Crippen LogP contribution in [0, 0.1) is 0 Å². The fourth-order valence-electron chi connectivity index (χ4n) is 2.03. The Labute approximate surface area is 115 Å². The minimum Gasteiger partial charge on any atom is -0.384 e. The Morgan fingerprint density at radius 3 is 2.53 bits per heavy atom. The summed E-state index contributed by atoms with van der Waals surface area (Å²) in [6, 6.07) is 0. The van der Waals surface area contributed by atoms with Crippen LogP contribution in [0.15, 0.2) is 6.20 Å². The van der Waals surface area contributed by atoms with Crippen molar-refractivity contribution >= 4 is 11.6 Å². The molecule has 0 radical (unpaired) electrons. The summed E-state index contributed by atoms with van der Waals surface area (Å²) in [5, 5.41) is 14.7. The first-order valence-corrected chi connectivity index (χ1v) is 6.56. The molecule has 7 heteroatoms. The first-order valence-electron chi connectivity index (χ1n) is 6.18. The van der Waals surface area contributed by atoms with E-state index in [1.807, 2.05) is 6.92 Å². The molecule has 0 aliphatic heterocycles. The predicted octanol–water partition coefficient (Wildman–Crippen LogP) is 3.89. The number of hydrogen-bond acceptors (Lipinski definition) is 2. The third-order valence-electron chi connectivity index (χ3n) is 2.86. The number of hydrogen-bond donors (Lipinski definition) is 1. The van der Waals surface area contributed by atoms with Crippen LogP contribution >= 0.6 is 11.6 Å². The van der Waals surface area contributed by atoms with Gasteiger partial charge in [-0.1, -0.05) is 18.5 Å². The van der Waals surface area contributed by atoms with Gasteiger partial charge in [0.1, 0.15) is 5.60 Å². The van der Waals surface area contributed by atoms with E-state index >= 15 is 0 Å². The summed E-state index contributed by atoms with van der Waals surface area (Å²) in [6.07, 6.45) is -3.08. The number of aromatic nitrogens is 2. The Balaban J connectivity index is 2.78. The monoisotopic (exact) mass is 298 g/mol. The lowest BCUT2D eigenvalue weighted by atomic mass is 9.95. The van der Waals surface area contributed by atoms with Crippen molar-refractivity contribution in [3.8, 4) is 0 Å². The van der Waals surface area contributed by atoms with Crippen LogP contribution in [0.4, 0.5) is 13.2 Å². The van der Waals surface area contributed by atoms with E-state index in [9.17, 15) is 18.3 Å². The molecule has 1 rings (SSSR count). The van der Waals surface area contributed by atoms with Crippen LogP contribution in [0.3, 0.4) is 0 Å². The molecule has 1 atom stereocenters. The topological polar surface area (TPSA) is 38.0 Å². The smallest absolute Gasteiger partial charge is 0.384 e. The van der Waals surface area contributed by atoms with E-state index < -0.39 is 18.2 Å². The van der Waals surface area contributed by atoms with Gasteiger partial charge in [0, 0.05) is 13.0 Å². The lowest BCUT2D eigenvalue weighted by Crippen LogP contribution is -2.26. The molecule has 0 saturated heterocycles. The second kappa shape index (κ2) is 6.13. The lowest BCUT2D eigenvalue weighted by molar-refractivity contribution is -0.138. The summed E-state index contributed by atoms with van der Waals surface area (Å²) < 4.78 is 37.9. The van der Waals surface area contributed by atoms with Crippen LogP contribution < -0.4 is 0 Å². The maximum atomic E-state index is 12.1. The molecule has 1 aromatic heterocycles. The zero-order chi connectivity index (χ0) is 14.7. The first kappa shape index (κ1) is 16.3. The third kappa shape index (κ3) is 4.69. The maximum absolute atomic E-state index is 12.1. The molecule has 1 heterocycles. The number of alkyl halides is 3. The zero-order valence-electron chi connectivity index (χ0n) is 11.0. The van der Waals surface area contributed by atoms with Gasteiger partial charge >= 0.3 is 6.18 Å². The summed E-state index contributed by atoms with van der Waals surface area (Å²) in [7, 11) is 0. The second-order valence-electron chi connectivity index (χ2n) is 4.81. The fourth-order valence-corrected chi connectivity index (χ4v) is 2.38. The van der Waals surface area contributed by atoms with Gasteiger partial charge in [-0.3, -0.25) is 4.68 Å². The quantitative estimate of drug-likeness (QED) is 0.865. The summed E-state index contributed by atoms with van der Waals surface area (Å²) in [6.45, 7) is 3.98. The van der Waals surface area contributed by atoms with Gasteiger partial charge < -0.3 is 5.11 Å². The fraction of sp³-hybridized carbons (Fsp3) is 0.750. The Morgan fingerprint density at radius 2 is 2.00 bits per heavy atom. The van der Waals surface area contributed by atoms with Gasteiger partial charge in [0.2, 0.25) is 0 Å². The molecule has 0 spiro atoms. The van der Waals surface area contributed by atoms with Crippen molar-refractivity contribution < 1.29 is 18.3 Å². The molecule has 0 aliphatic rings. The summed E-state index contributed by atoms with van der Waals surface area (Å²) in [5.74, 6) is 0. The number of halogens is 4. The number of nitrogens with zero attached hydrogens (tertiary/aromatic N) is 2. The summed E-state index contributed by atoms with van der Waals surface area (Å²) >= 11 is 5.97. The molecule has 0 saturated carbocycles. The van der Waals surface area contributed by atoms with Gasteiger partial charge in [-0.05, 0) is 26.2 Å². The van der Waals surface area contributed by atoms with Gasteiger partial charge in [-0.25, -0.2) is 0 Å². The Kier molecular flexibility index (Phi) is 5.26. The van der Waals surface area contributed by atoms with Gasteiger partial charge in [-0.2, -0.15) is 18.3 Å². The molecule has 0 bridgehead atoms. The summed E-state index contributed by atoms with van der Waals surface area (Å²) in [5.41, 5.74) is -1.02. The van der Waals surface area contributed by atoms with E-state index in [1.165, 1.54) is 13.1 Å². The third-order valence-corrected chi connectivity index (χ3v) is 3.14. The molecule has 1 N–H and O–H groups in total. The van der Waals surface area contributed by atoms with Crippen molar-refractivity contribution in [2.24, 2.45) is 0 Å². The largest absolute Gasteiger partial charge is 0.389 e. The standard InChI is InChI=1S/C12H18ClF3N2O/c1-3-7-18-10(9(13)8-17-18)11(2,19)5-4-6-12(14,15)16/h8,19H,3-7H2,1-2H3. The molecular formula is C12H18ClF3N2O. The highest BCUT2D eigenvalue weighted by atomic mass is 35.5. The SMILES string of the molecule is CCCn1ncc(Cl)c1C(C)(O)CCCC(F)(F)F. The number of rotatable bonds is 6. The van der Waals surface area contributed by atoms with Gasteiger partial charge in [0.15, 0.2) is 0 Å². The molecule has 0 amide bonds. The van der Waals surface area contributed by atoms with Crippen LogP contribution in [-0.4, -0.2) is 21.1 Å². The normalized spacial score (nSPS) is 15.5. The van der Waals surface area contributed by atoms with E-state index in [0.717, 1.165) is 6.42 Å². The molecule has 110 valence electrons. The van der Waals surface area contributed by atoms with Crippen LogP contribution in [-0.2, 0) is 12.1 Å². The predicted molar refractivity (Wildman–Crippen MR) is 67.0 cm³/mol. The minimum absolute atomic E-state index is 0.0123. The zero-order valence-corrected chi connectivity index (χ0v) is 11.7. The second-order valence-corrected chi connectivity index (χ2v) is 5.21. The minimum atomic E-state index is -4.20. The summed E-state index contributed by atoms with van der Waals surface area (Å²) in [4.78, 5) is 0. The van der Waals surface area contributed by atoms with Crippen LogP contribution in [0.25, 0.3) is 0 Å². The maximum Gasteiger partial charge on any atom is 0.389 e. The highest BCUT2D eigenvalue weighted by Gasteiger charge is 2.33. The molecule has 3 nitrogen and oxygen atoms in total. The molecule has 0 aliphatic carbocycles. The van der Waals surface area contributed by atoms with Crippen molar-refractivity contribution in [3.63, 3.8) is 0 Å². The Morgan fingerprint density at radius 1 is 1.37 bits per heavy atom. The van der Waals surface area contributed by atoms with Crippen molar-refractivity contribution in [2.75, 3.05) is 0 Å². The van der Waals surface area contributed by atoms with Crippen molar-refractivity contribution in [1.82, 2.24) is 9.78 Å². The molecule has 1 aromatic rings. The van der Waals surface area contributed by atoms with E-state index in [-0.39, 0.29) is 17.9 Å². The number of aliphatic hydroxyl groups is 1.